The highest BCUT2D eigenvalue weighted by Crippen LogP contribution is 2.43. The molecule has 1 aliphatic rings. The molecule has 4 rings (SSSR count). The molecule has 0 N–H and O–H groups in total. The zero-order chi connectivity index (χ0) is 14.2. The van der Waals surface area contributed by atoms with Crippen LogP contribution in [0, 0.1) is 0 Å². The van der Waals surface area contributed by atoms with Crippen molar-refractivity contribution >= 4 is 15.9 Å². The first kappa shape index (κ1) is 12.8. The summed E-state index contributed by atoms with van der Waals surface area (Å²) in [5.74, 6) is 0. The van der Waals surface area contributed by atoms with Crippen molar-refractivity contribution in [3.63, 3.8) is 0 Å². The molecule has 1 unspecified atom stereocenters. The standard InChI is InChI=1S/C20H15Br/c21-20-13-14-7-1-2-8-15(14)16-9-3-4-10-17(16)18-11-5-6-12-19(18)20/h1-12,20H,13H2. The number of benzene rings is 3. The van der Waals surface area contributed by atoms with Crippen LogP contribution < -0.4 is 0 Å². The van der Waals surface area contributed by atoms with E-state index in [2.05, 4.69) is 88.7 Å². The van der Waals surface area contributed by atoms with Crippen LogP contribution in [0.4, 0.5) is 0 Å². The highest BCUT2D eigenvalue weighted by molar-refractivity contribution is 9.09. The third kappa shape index (κ3) is 2.13. The highest BCUT2D eigenvalue weighted by Gasteiger charge is 2.21. The molecule has 0 aromatic heterocycles. The molecule has 0 saturated carbocycles. The summed E-state index contributed by atoms with van der Waals surface area (Å²) in [5.41, 5.74) is 8.13. The fourth-order valence-corrected chi connectivity index (χ4v) is 3.98. The minimum Gasteiger partial charge on any atom is -0.0835 e. The van der Waals surface area contributed by atoms with Crippen molar-refractivity contribution in [3.8, 4) is 22.3 Å². The Morgan fingerprint density at radius 1 is 0.619 bits per heavy atom. The van der Waals surface area contributed by atoms with Crippen LogP contribution in [0.25, 0.3) is 22.3 Å². The molecular formula is C20H15Br. The minimum absolute atomic E-state index is 0.350. The molecular weight excluding hydrogens is 320 g/mol. The van der Waals surface area contributed by atoms with Gasteiger partial charge in [0.1, 0.15) is 0 Å². The van der Waals surface area contributed by atoms with E-state index in [1.54, 1.807) is 0 Å². The Hall–Kier alpha value is -1.86. The van der Waals surface area contributed by atoms with Crippen LogP contribution in [-0.2, 0) is 6.42 Å². The normalized spacial score (nSPS) is 16.1. The summed E-state index contributed by atoms with van der Waals surface area (Å²) < 4.78 is 0. The van der Waals surface area contributed by atoms with E-state index in [0.29, 0.717) is 4.83 Å². The molecule has 0 spiro atoms. The number of fused-ring (bicyclic) bond motifs is 5. The molecule has 0 aliphatic heterocycles. The van der Waals surface area contributed by atoms with Gasteiger partial charge in [0, 0.05) is 4.83 Å². The van der Waals surface area contributed by atoms with Crippen LogP contribution in [0.3, 0.4) is 0 Å². The van der Waals surface area contributed by atoms with Crippen molar-refractivity contribution in [3.05, 3.63) is 83.9 Å². The fraction of sp³-hybridized carbons (Fsp3) is 0.100. The van der Waals surface area contributed by atoms with E-state index in [4.69, 9.17) is 0 Å². The monoisotopic (exact) mass is 334 g/mol. The average Bonchev–Trinajstić information content (AvgIpc) is 2.54. The van der Waals surface area contributed by atoms with E-state index in [-0.39, 0.29) is 0 Å². The third-order valence-electron chi connectivity index (χ3n) is 4.22. The van der Waals surface area contributed by atoms with E-state index in [9.17, 15) is 0 Å². The zero-order valence-electron chi connectivity index (χ0n) is 11.6. The highest BCUT2D eigenvalue weighted by atomic mass is 79.9. The first-order chi connectivity index (χ1) is 10.3. The lowest BCUT2D eigenvalue weighted by molar-refractivity contribution is 0.949. The fourth-order valence-electron chi connectivity index (χ4n) is 3.23. The van der Waals surface area contributed by atoms with Gasteiger partial charge in [0.05, 0.1) is 0 Å². The number of halogens is 1. The molecule has 0 fully saturated rings. The lowest BCUT2D eigenvalue weighted by Gasteiger charge is -2.23. The molecule has 1 atom stereocenters. The summed E-state index contributed by atoms with van der Waals surface area (Å²) in [6.07, 6.45) is 1.02. The predicted molar refractivity (Wildman–Crippen MR) is 92.7 cm³/mol. The van der Waals surface area contributed by atoms with E-state index in [1.165, 1.54) is 33.4 Å². The van der Waals surface area contributed by atoms with Gasteiger partial charge in [-0.15, -0.1) is 0 Å². The van der Waals surface area contributed by atoms with Gasteiger partial charge < -0.3 is 0 Å². The van der Waals surface area contributed by atoms with Crippen LogP contribution >= 0.6 is 15.9 Å². The van der Waals surface area contributed by atoms with Gasteiger partial charge in [0.25, 0.3) is 0 Å². The molecule has 102 valence electrons. The molecule has 1 heteroatoms. The van der Waals surface area contributed by atoms with Crippen molar-refractivity contribution in [2.75, 3.05) is 0 Å². The molecule has 1 aliphatic carbocycles. The Labute approximate surface area is 133 Å². The van der Waals surface area contributed by atoms with E-state index in [0.717, 1.165) is 6.42 Å². The van der Waals surface area contributed by atoms with Crippen molar-refractivity contribution in [2.24, 2.45) is 0 Å². The quantitative estimate of drug-likeness (QED) is 0.441. The predicted octanol–water partition coefficient (Wildman–Crippen LogP) is 6.01. The van der Waals surface area contributed by atoms with Gasteiger partial charge in [-0.25, -0.2) is 0 Å². The first-order valence-corrected chi connectivity index (χ1v) is 8.17. The van der Waals surface area contributed by atoms with Crippen molar-refractivity contribution < 1.29 is 0 Å². The zero-order valence-corrected chi connectivity index (χ0v) is 13.2. The molecule has 0 amide bonds. The van der Waals surface area contributed by atoms with E-state index in [1.807, 2.05) is 0 Å². The summed E-state index contributed by atoms with van der Waals surface area (Å²) in [5, 5.41) is 0. The Kier molecular flexibility index (Phi) is 3.16. The number of hydrogen-bond acceptors (Lipinski definition) is 0. The molecule has 0 radical (unpaired) electrons. The molecule has 0 saturated heterocycles. The van der Waals surface area contributed by atoms with Gasteiger partial charge in [-0.1, -0.05) is 88.7 Å². The summed E-state index contributed by atoms with van der Waals surface area (Å²) in [6, 6.07) is 26.2. The minimum atomic E-state index is 0.350. The summed E-state index contributed by atoms with van der Waals surface area (Å²) >= 11 is 3.89. The average molecular weight is 335 g/mol. The number of hydrogen-bond donors (Lipinski definition) is 0. The van der Waals surface area contributed by atoms with Gasteiger partial charge in [-0.05, 0) is 39.8 Å². The number of rotatable bonds is 0. The topological polar surface area (TPSA) is 0 Å². The van der Waals surface area contributed by atoms with Crippen molar-refractivity contribution in [2.45, 2.75) is 11.2 Å². The summed E-state index contributed by atoms with van der Waals surface area (Å²) in [6.45, 7) is 0. The molecule has 0 bridgehead atoms. The summed E-state index contributed by atoms with van der Waals surface area (Å²) in [7, 11) is 0. The SMILES string of the molecule is BrC1Cc2ccccc2-c2ccccc2-c2ccccc21. The van der Waals surface area contributed by atoms with Gasteiger partial charge >= 0.3 is 0 Å². The van der Waals surface area contributed by atoms with Gasteiger partial charge in [0.2, 0.25) is 0 Å². The Bertz CT molecular complexity index is 804. The maximum atomic E-state index is 3.89. The van der Waals surface area contributed by atoms with Crippen molar-refractivity contribution in [1.82, 2.24) is 0 Å². The van der Waals surface area contributed by atoms with Crippen LogP contribution in [0.2, 0.25) is 0 Å². The Morgan fingerprint density at radius 2 is 1.14 bits per heavy atom. The van der Waals surface area contributed by atoms with E-state index >= 15 is 0 Å². The van der Waals surface area contributed by atoms with Gasteiger partial charge in [0.15, 0.2) is 0 Å². The van der Waals surface area contributed by atoms with Crippen molar-refractivity contribution in [1.29, 1.82) is 0 Å². The lowest BCUT2D eigenvalue weighted by atomic mass is 9.84. The molecule has 0 heterocycles. The smallest absolute Gasteiger partial charge is 0.0441 e. The van der Waals surface area contributed by atoms with Crippen LogP contribution in [0.5, 0.6) is 0 Å². The summed E-state index contributed by atoms with van der Waals surface area (Å²) in [4.78, 5) is 0.350. The maximum Gasteiger partial charge on any atom is 0.0441 e. The van der Waals surface area contributed by atoms with Crippen LogP contribution in [0.1, 0.15) is 16.0 Å². The third-order valence-corrected chi connectivity index (χ3v) is 5.04. The van der Waals surface area contributed by atoms with Crippen LogP contribution in [0.15, 0.2) is 72.8 Å². The van der Waals surface area contributed by atoms with E-state index < -0.39 is 0 Å². The first-order valence-electron chi connectivity index (χ1n) is 7.25. The second-order valence-electron chi connectivity index (χ2n) is 5.46. The van der Waals surface area contributed by atoms with Gasteiger partial charge in [-0.3, -0.25) is 0 Å². The van der Waals surface area contributed by atoms with Crippen LogP contribution in [-0.4, -0.2) is 0 Å². The Balaban J connectivity index is 2.10. The molecule has 3 aromatic carbocycles. The maximum absolute atomic E-state index is 3.89. The van der Waals surface area contributed by atoms with Gasteiger partial charge in [-0.2, -0.15) is 0 Å². The molecule has 21 heavy (non-hydrogen) atoms. The molecule has 3 aromatic rings. The second-order valence-corrected chi connectivity index (χ2v) is 6.57. The molecule has 0 nitrogen and oxygen atoms in total. The lowest BCUT2D eigenvalue weighted by Crippen LogP contribution is -2.03. The largest absolute Gasteiger partial charge is 0.0835 e. The Morgan fingerprint density at radius 3 is 1.90 bits per heavy atom. The second kappa shape index (κ2) is 5.16. The number of alkyl halides is 1.